The molecule has 2 amide bonds. The highest BCUT2D eigenvalue weighted by atomic mass is 16.3. The van der Waals surface area contributed by atoms with Crippen molar-refractivity contribution >= 4 is 34.6 Å². The fourth-order valence-corrected chi connectivity index (χ4v) is 4.44. The molecule has 0 fully saturated rings. The van der Waals surface area contributed by atoms with Crippen molar-refractivity contribution in [3.8, 4) is 17.5 Å². The van der Waals surface area contributed by atoms with Gasteiger partial charge >= 0.3 is 0 Å². The van der Waals surface area contributed by atoms with Gasteiger partial charge in [-0.2, -0.15) is 0 Å². The Morgan fingerprint density at radius 2 is 1.55 bits per heavy atom. The molecule has 0 spiro atoms. The Labute approximate surface area is 244 Å². The first kappa shape index (κ1) is 29.7. The number of carbonyl (C=O) groups excluding carboxylic acids is 2. The van der Waals surface area contributed by atoms with Gasteiger partial charge in [0.2, 0.25) is 11.8 Å². The van der Waals surface area contributed by atoms with E-state index in [0.29, 0.717) is 0 Å². The van der Waals surface area contributed by atoms with Gasteiger partial charge in [0, 0.05) is 14.1 Å². The predicted octanol–water partition coefficient (Wildman–Crippen LogP) is 5.46. The summed E-state index contributed by atoms with van der Waals surface area (Å²) in [5.74, 6) is -1.94. The number of phenols is 1. The molecule has 0 bridgehead atoms. The van der Waals surface area contributed by atoms with Crippen LogP contribution in [0, 0.1) is 0 Å². The fraction of sp³-hybridized carbons (Fsp3) is 0.219. The summed E-state index contributed by atoms with van der Waals surface area (Å²) < 4.78 is 1.25. The zero-order chi connectivity index (χ0) is 30.4. The zero-order valence-corrected chi connectivity index (χ0v) is 24.0. The molecule has 1 unspecified atom stereocenters. The van der Waals surface area contributed by atoms with Gasteiger partial charge in [-0.05, 0) is 36.6 Å². The molecule has 3 aromatic carbocycles. The van der Waals surface area contributed by atoms with Gasteiger partial charge in [-0.1, -0.05) is 73.7 Å². The molecule has 0 radical (unpaired) electrons. The molecule has 10 heteroatoms. The molecular formula is C32H35N5O5. The molecule has 10 nitrogen and oxygen atoms in total. The van der Waals surface area contributed by atoms with E-state index in [2.05, 4.69) is 15.6 Å². The first-order valence-electron chi connectivity index (χ1n) is 13.5. The van der Waals surface area contributed by atoms with E-state index in [1.54, 1.807) is 27.1 Å². The number of hydrogen-bond donors (Lipinski definition) is 5. The van der Waals surface area contributed by atoms with E-state index in [-0.39, 0.29) is 64.9 Å². The molecule has 5 N–H and O–H groups in total. The maximum Gasteiger partial charge on any atom is 0.266 e. The van der Waals surface area contributed by atoms with Gasteiger partial charge in [0.05, 0.1) is 23.8 Å². The minimum absolute atomic E-state index is 0.0389. The number of rotatable bonds is 10. The van der Waals surface area contributed by atoms with Crippen LogP contribution in [0.3, 0.4) is 0 Å². The summed E-state index contributed by atoms with van der Waals surface area (Å²) in [6.45, 7) is 3.73. The lowest BCUT2D eigenvalue weighted by Crippen LogP contribution is -2.32. The van der Waals surface area contributed by atoms with Gasteiger partial charge in [0.15, 0.2) is 11.4 Å². The SMILES string of the molecule is CCC(=Nc1c(Nc2cccc(C(=O)N(C)C)c2O)c(O)n(Cc2ccccc2)c1O)C(=O)NC(C)c1ccccc1. The van der Waals surface area contributed by atoms with Crippen molar-refractivity contribution in [2.24, 2.45) is 4.99 Å². The van der Waals surface area contributed by atoms with Crippen LogP contribution in [0.15, 0.2) is 83.9 Å². The van der Waals surface area contributed by atoms with Gasteiger partial charge in [-0.15, -0.1) is 0 Å². The average molecular weight is 570 g/mol. The Morgan fingerprint density at radius 3 is 2.17 bits per heavy atom. The van der Waals surface area contributed by atoms with Crippen molar-refractivity contribution in [3.05, 3.63) is 95.6 Å². The highest BCUT2D eigenvalue weighted by molar-refractivity contribution is 6.39. The van der Waals surface area contributed by atoms with Crippen LogP contribution < -0.4 is 10.6 Å². The molecule has 0 saturated carbocycles. The van der Waals surface area contributed by atoms with Crippen molar-refractivity contribution in [2.45, 2.75) is 32.9 Å². The highest BCUT2D eigenvalue weighted by Gasteiger charge is 2.26. The number of amides is 2. The quantitative estimate of drug-likeness (QED) is 0.127. The second-order valence-electron chi connectivity index (χ2n) is 9.99. The molecule has 4 aromatic rings. The Hall–Kier alpha value is -5.25. The van der Waals surface area contributed by atoms with Crippen LogP contribution in [0.25, 0.3) is 0 Å². The number of phenolic OH excluding ortho intramolecular Hbond substituents is 1. The monoisotopic (exact) mass is 569 g/mol. The van der Waals surface area contributed by atoms with Crippen molar-refractivity contribution in [2.75, 3.05) is 19.4 Å². The normalized spacial score (nSPS) is 12.0. The largest absolute Gasteiger partial charge is 0.505 e. The van der Waals surface area contributed by atoms with Gasteiger partial charge < -0.3 is 30.9 Å². The molecule has 1 heterocycles. The summed E-state index contributed by atoms with van der Waals surface area (Å²) in [7, 11) is 3.14. The van der Waals surface area contributed by atoms with Gasteiger partial charge in [-0.3, -0.25) is 14.2 Å². The van der Waals surface area contributed by atoms with Gasteiger partial charge in [0.1, 0.15) is 11.4 Å². The van der Waals surface area contributed by atoms with E-state index in [0.717, 1.165) is 11.1 Å². The molecule has 1 atom stereocenters. The number of anilines is 2. The summed E-state index contributed by atoms with van der Waals surface area (Å²) in [4.78, 5) is 31.7. The van der Waals surface area contributed by atoms with Crippen molar-refractivity contribution in [3.63, 3.8) is 0 Å². The number of aliphatic imine (C=N–C) groups is 1. The lowest BCUT2D eigenvalue weighted by Gasteiger charge is -2.16. The zero-order valence-electron chi connectivity index (χ0n) is 24.0. The van der Waals surface area contributed by atoms with Crippen LogP contribution in [-0.4, -0.2) is 56.4 Å². The summed E-state index contributed by atoms with van der Waals surface area (Å²) in [6.07, 6.45) is 0.231. The number of nitrogens with zero attached hydrogens (tertiary/aromatic N) is 3. The number of para-hydroxylation sites is 1. The van der Waals surface area contributed by atoms with Crippen LogP contribution in [0.5, 0.6) is 17.5 Å². The fourth-order valence-electron chi connectivity index (χ4n) is 4.44. The van der Waals surface area contributed by atoms with Gasteiger partial charge in [0.25, 0.3) is 11.8 Å². The molecule has 0 saturated heterocycles. The average Bonchev–Trinajstić information content (AvgIpc) is 3.20. The molecule has 218 valence electrons. The third kappa shape index (κ3) is 6.38. The minimum Gasteiger partial charge on any atom is -0.505 e. The second-order valence-corrected chi connectivity index (χ2v) is 9.99. The predicted molar refractivity (Wildman–Crippen MR) is 163 cm³/mol. The highest BCUT2D eigenvalue weighted by Crippen LogP contribution is 2.48. The second kappa shape index (κ2) is 12.9. The Balaban J connectivity index is 1.78. The van der Waals surface area contributed by atoms with Crippen LogP contribution in [0.1, 0.15) is 47.8 Å². The Morgan fingerprint density at radius 1 is 0.905 bits per heavy atom. The van der Waals surface area contributed by atoms with Crippen LogP contribution in [-0.2, 0) is 11.3 Å². The first-order valence-corrected chi connectivity index (χ1v) is 13.5. The molecule has 42 heavy (non-hydrogen) atoms. The topological polar surface area (TPSA) is 139 Å². The van der Waals surface area contributed by atoms with E-state index in [9.17, 15) is 24.9 Å². The third-order valence-electron chi connectivity index (χ3n) is 6.79. The van der Waals surface area contributed by atoms with E-state index >= 15 is 0 Å². The summed E-state index contributed by atoms with van der Waals surface area (Å²) in [5.41, 5.74) is 1.85. The third-order valence-corrected chi connectivity index (χ3v) is 6.79. The molecule has 0 aliphatic heterocycles. The summed E-state index contributed by atoms with van der Waals surface area (Å²) in [5, 5.41) is 39.4. The van der Waals surface area contributed by atoms with E-state index in [1.165, 1.54) is 21.6 Å². The lowest BCUT2D eigenvalue weighted by molar-refractivity contribution is -0.115. The lowest BCUT2D eigenvalue weighted by atomic mass is 10.1. The van der Waals surface area contributed by atoms with Crippen LogP contribution in [0.4, 0.5) is 17.1 Å². The molecule has 0 aliphatic rings. The van der Waals surface area contributed by atoms with Gasteiger partial charge in [-0.25, -0.2) is 4.99 Å². The van der Waals surface area contributed by atoms with E-state index in [4.69, 9.17) is 0 Å². The van der Waals surface area contributed by atoms with Crippen LogP contribution in [0.2, 0.25) is 0 Å². The number of hydrogen-bond acceptors (Lipinski definition) is 7. The van der Waals surface area contributed by atoms with Crippen LogP contribution >= 0.6 is 0 Å². The summed E-state index contributed by atoms with van der Waals surface area (Å²) in [6, 6.07) is 23.0. The summed E-state index contributed by atoms with van der Waals surface area (Å²) >= 11 is 0. The Bertz CT molecular complexity index is 1600. The smallest absolute Gasteiger partial charge is 0.266 e. The van der Waals surface area contributed by atoms with Crippen molar-refractivity contribution < 1.29 is 24.9 Å². The molecule has 1 aromatic heterocycles. The first-order chi connectivity index (χ1) is 20.1. The maximum atomic E-state index is 13.3. The number of benzene rings is 3. The Kier molecular flexibility index (Phi) is 9.16. The maximum absolute atomic E-state index is 13.3. The number of aromatic nitrogens is 1. The number of carbonyl (C=O) groups is 2. The molecular weight excluding hydrogens is 534 g/mol. The molecule has 4 rings (SSSR count). The number of aromatic hydroxyl groups is 3. The van der Waals surface area contributed by atoms with E-state index in [1.807, 2.05) is 67.6 Å². The van der Waals surface area contributed by atoms with E-state index < -0.39 is 11.8 Å². The standard InChI is InChI=1S/C32H35N5O5/c1-5-24(29(39)33-20(2)22-15-10-7-11-16-22)34-26-27(32(42)37(31(26)41)19-21-13-8-6-9-14-21)35-25-18-12-17-23(28(25)38)30(40)36(3)4/h6-18,20,35,38,41-42H,5,19H2,1-4H3,(H,33,39). The number of nitrogens with one attached hydrogen (secondary N) is 2. The molecule has 0 aliphatic carbocycles. The minimum atomic E-state index is -0.434. The van der Waals surface area contributed by atoms with Crippen molar-refractivity contribution in [1.82, 2.24) is 14.8 Å². The van der Waals surface area contributed by atoms with Crippen molar-refractivity contribution in [1.29, 1.82) is 0 Å².